The summed E-state index contributed by atoms with van der Waals surface area (Å²) in [6.45, 7) is 27.1. The van der Waals surface area contributed by atoms with E-state index >= 15 is 0 Å². The van der Waals surface area contributed by atoms with Gasteiger partial charge in [-0.25, -0.2) is 9.97 Å². The molecule has 0 amide bonds. The van der Waals surface area contributed by atoms with Gasteiger partial charge in [0.15, 0.2) is 0 Å². The van der Waals surface area contributed by atoms with Gasteiger partial charge < -0.3 is 9.55 Å². The van der Waals surface area contributed by atoms with Crippen molar-refractivity contribution in [3.63, 3.8) is 0 Å². The van der Waals surface area contributed by atoms with Crippen LogP contribution in [-0.2, 0) is 0 Å². The van der Waals surface area contributed by atoms with Crippen LogP contribution >= 0.6 is 0 Å². The molecule has 2 aliphatic rings. The van der Waals surface area contributed by atoms with Gasteiger partial charge in [-0.05, 0) is 227 Å². The molecular formula is C56H54N4. The van der Waals surface area contributed by atoms with E-state index < -0.39 is 0 Å². The van der Waals surface area contributed by atoms with Crippen molar-refractivity contribution in [2.75, 3.05) is 0 Å². The number of H-pyrrole nitrogens is 1. The summed E-state index contributed by atoms with van der Waals surface area (Å²) in [4.78, 5) is 14.4. The van der Waals surface area contributed by atoms with Crippen LogP contribution in [0.15, 0.2) is 78.9 Å². The van der Waals surface area contributed by atoms with Crippen molar-refractivity contribution in [1.82, 2.24) is 19.5 Å². The van der Waals surface area contributed by atoms with Gasteiger partial charge in [-0.1, -0.05) is 42.5 Å². The van der Waals surface area contributed by atoms with Crippen LogP contribution in [0.3, 0.4) is 0 Å². The molecule has 4 nitrogen and oxygen atoms in total. The van der Waals surface area contributed by atoms with Crippen LogP contribution in [0.5, 0.6) is 0 Å². The van der Waals surface area contributed by atoms with Crippen molar-refractivity contribution in [3.05, 3.63) is 168 Å². The topological polar surface area (TPSA) is 46.5 Å². The Balaban J connectivity index is 1.70. The minimum atomic E-state index is 0.902. The van der Waals surface area contributed by atoms with Crippen molar-refractivity contribution in [1.29, 1.82) is 0 Å². The quantitative estimate of drug-likeness (QED) is 0.193. The van der Waals surface area contributed by atoms with Gasteiger partial charge >= 0.3 is 0 Å². The van der Waals surface area contributed by atoms with Gasteiger partial charge in [-0.3, -0.25) is 0 Å². The van der Waals surface area contributed by atoms with Gasteiger partial charge in [0, 0.05) is 33.4 Å². The second-order valence-electron chi connectivity index (χ2n) is 17.2. The van der Waals surface area contributed by atoms with Crippen molar-refractivity contribution >= 4 is 46.4 Å². The van der Waals surface area contributed by atoms with E-state index in [9.17, 15) is 0 Å². The van der Waals surface area contributed by atoms with Crippen LogP contribution in [0, 0.1) is 83.1 Å². The first-order chi connectivity index (χ1) is 28.7. The number of nitrogens with zero attached hydrogens (tertiary/aromatic N) is 3. The second kappa shape index (κ2) is 14.6. The lowest BCUT2D eigenvalue weighted by Crippen LogP contribution is -2.03. The molecule has 7 aromatic rings. The molecule has 8 bridgehead atoms. The first kappa shape index (κ1) is 39.0. The normalized spacial score (nSPS) is 12.2. The fourth-order valence-electron chi connectivity index (χ4n) is 9.21. The molecule has 0 spiro atoms. The molecule has 0 aliphatic carbocycles. The lowest BCUT2D eigenvalue weighted by Gasteiger charge is -2.20. The lowest BCUT2D eigenvalue weighted by molar-refractivity contribution is 1.11. The molecule has 3 aromatic heterocycles. The van der Waals surface area contributed by atoms with E-state index in [0.717, 1.165) is 56.1 Å². The first-order valence-corrected chi connectivity index (χ1v) is 21.2. The number of fused-ring (bicyclic) bond motifs is 8. The van der Waals surface area contributed by atoms with E-state index in [1.165, 1.54) is 94.6 Å². The first-order valence-electron chi connectivity index (χ1n) is 21.2. The molecule has 0 unspecified atom stereocenters. The number of benzene rings is 4. The van der Waals surface area contributed by atoms with Gasteiger partial charge in [0.2, 0.25) is 0 Å². The molecule has 0 saturated heterocycles. The van der Waals surface area contributed by atoms with Gasteiger partial charge in [0.05, 0.1) is 33.8 Å². The Labute approximate surface area is 355 Å². The largest absolute Gasteiger partial charge is 0.355 e. The highest BCUT2D eigenvalue weighted by Crippen LogP contribution is 2.50. The standard InChI is InChI=1S/C56H54N4/c1-30-13-22-47(38(9)34(30)5)53-50-25-21-45(59-50)28-44-18-17-42(57-44)27-43-19-20-46(58-43)29-52-54(48-23-14-31(2)35(6)39(48)10)55(49-24-15-32(3)36(7)40(49)11)56(53)60(52)51-26-16-33(4)37(8)41(51)12/h13-29,57H,1-12H3. The van der Waals surface area contributed by atoms with E-state index in [1.807, 2.05) is 0 Å². The number of aromatic nitrogens is 4. The highest BCUT2D eigenvalue weighted by atomic mass is 15.0. The van der Waals surface area contributed by atoms with Gasteiger partial charge in [0.25, 0.3) is 0 Å². The third-order valence-corrected chi connectivity index (χ3v) is 13.9. The van der Waals surface area contributed by atoms with E-state index in [0.29, 0.717) is 0 Å². The zero-order valence-electron chi connectivity index (χ0n) is 37.2. The average molecular weight is 783 g/mol. The molecule has 4 aromatic carbocycles. The molecule has 60 heavy (non-hydrogen) atoms. The van der Waals surface area contributed by atoms with Crippen LogP contribution in [-0.4, -0.2) is 19.5 Å². The molecule has 1 N–H and O–H groups in total. The van der Waals surface area contributed by atoms with Crippen LogP contribution in [0.4, 0.5) is 0 Å². The summed E-state index contributed by atoms with van der Waals surface area (Å²) in [6.07, 6.45) is 8.67. The summed E-state index contributed by atoms with van der Waals surface area (Å²) in [7, 11) is 0. The maximum Gasteiger partial charge on any atom is 0.0737 e. The maximum absolute atomic E-state index is 5.53. The Morgan fingerprint density at radius 2 is 0.817 bits per heavy atom. The molecule has 5 heterocycles. The second-order valence-corrected chi connectivity index (χ2v) is 17.2. The van der Waals surface area contributed by atoms with Crippen LogP contribution in [0.2, 0.25) is 0 Å². The summed E-state index contributed by atoms with van der Waals surface area (Å²) in [5.41, 5.74) is 31.4. The molecule has 0 fully saturated rings. The van der Waals surface area contributed by atoms with E-state index in [1.54, 1.807) is 0 Å². The molecule has 2 aliphatic heterocycles. The Morgan fingerprint density at radius 3 is 1.37 bits per heavy atom. The third-order valence-electron chi connectivity index (χ3n) is 13.9. The van der Waals surface area contributed by atoms with Crippen molar-refractivity contribution in [2.24, 2.45) is 0 Å². The molecule has 0 saturated carbocycles. The lowest BCUT2D eigenvalue weighted by atomic mass is 9.85. The van der Waals surface area contributed by atoms with Gasteiger partial charge in [0.1, 0.15) is 0 Å². The average Bonchev–Trinajstić information content (AvgIpc) is 4.04. The molecule has 0 atom stereocenters. The fraction of sp³-hybridized carbons (Fsp3) is 0.214. The SMILES string of the molecule is Cc1ccc(-c2c(-c3ccc(C)c(C)c3C)c3c(-c4ccc(C)c(C)c4C)c4nc(cc5ccc(cc6nc(cc2n3-c2ccc(C)c(C)c2C)C=C6)[nH]5)C=C4)c(C)c1C. The monoisotopic (exact) mass is 782 g/mol. The molecular weight excluding hydrogens is 729 g/mol. The summed E-state index contributed by atoms with van der Waals surface area (Å²) < 4.78 is 2.57. The van der Waals surface area contributed by atoms with Gasteiger partial charge in [-0.15, -0.1) is 0 Å². The summed E-state index contributed by atoms with van der Waals surface area (Å²) in [6, 6.07) is 29.3. The van der Waals surface area contributed by atoms with Crippen LogP contribution < -0.4 is 0 Å². The number of nitrogens with one attached hydrogen (secondary N) is 1. The minimum absolute atomic E-state index is 0.902. The zero-order chi connectivity index (χ0) is 42.3. The Morgan fingerprint density at radius 1 is 0.383 bits per heavy atom. The molecule has 298 valence electrons. The summed E-state index contributed by atoms with van der Waals surface area (Å²) >= 11 is 0. The van der Waals surface area contributed by atoms with Crippen LogP contribution in [0.1, 0.15) is 89.5 Å². The summed E-state index contributed by atoms with van der Waals surface area (Å²) in [5.74, 6) is 0. The number of hydrogen-bond acceptors (Lipinski definition) is 2. The van der Waals surface area contributed by atoms with E-state index in [4.69, 9.17) is 9.97 Å². The highest BCUT2D eigenvalue weighted by Gasteiger charge is 2.29. The molecule has 4 heteroatoms. The van der Waals surface area contributed by atoms with Crippen molar-refractivity contribution < 1.29 is 0 Å². The van der Waals surface area contributed by atoms with E-state index in [2.05, 4.69) is 196 Å². The van der Waals surface area contributed by atoms with E-state index in [-0.39, 0.29) is 0 Å². The Bertz CT molecular complexity index is 3210. The molecule has 0 radical (unpaired) electrons. The Hall–Kier alpha value is -6.52. The fourth-order valence-corrected chi connectivity index (χ4v) is 9.21. The minimum Gasteiger partial charge on any atom is -0.355 e. The maximum atomic E-state index is 5.53. The zero-order valence-corrected chi connectivity index (χ0v) is 37.2. The van der Waals surface area contributed by atoms with Gasteiger partial charge in [-0.2, -0.15) is 0 Å². The predicted octanol–water partition coefficient (Wildman–Crippen LogP) is 14.8. The number of rotatable bonds is 4. The molecule has 9 rings (SSSR count). The third kappa shape index (κ3) is 6.28. The van der Waals surface area contributed by atoms with Crippen LogP contribution in [0.25, 0.3) is 85.4 Å². The predicted molar refractivity (Wildman–Crippen MR) is 257 cm³/mol. The highest BCUT2D eigenvalue weighted by molar-refractivity contribution is 6.12. The van der Waals surface area contributed by atoms with Crippen molar-refractivity contribution in [2.45, 2.75) is 83.1 Å². The number of aryl methyl sites for hydroxylation is 4. The Kier molecular flexibility index (Phi) is 9.51. The number of aromatic amines is 1. The smallest absolute Gasteiger partial charge is 0.0737 e. The summed E-state index contributed by atoms with van der Waals surface area (Å²) in [5, 5.41) is 0. The number of hydrogen-bond donors (Lipinski definition) is 1. The van der Waals surface area contributed by atoms with Crippen molar-refractivity contribution in [3.8, 4) is 39.1 Å².